The second-order valence-electron chi connectivity index (χ2n) is 19.3. The summed E-state index contributed by atoms with van der Waals surface area (Å²) in [5.74, 6) is -0.0674. The molecule has 0 bridgehead atoms. The van der Waals surface area contributed by atoms with Crippen molar-refractivity contribution in [2.45, 2.75) is 315 Å². The van der Waals surface area contributed by atoms with Crippen LogP contribution in [0.15, 0.2) is 24.3 Å². The quantitative estimate of drug-likeness (QED) is 0.0321. The molecule has 0 saturated heterocycles. The fourth-order valence-corrected chi connectivity index (χ4v) is 8.63. The first-order chi connectivity index (χ1) is 31.0. The molecule has 0 radical (unpaired) electrons. The topological polar surface area (TPSA) is 95.9 Å². The van der Waals surface area contributed by atoms with Crippen molar-refractivity contribution >= 4 is 11.9 Å². The molecule has 0 aromatic carbocycles. The third-order valence-electron chi connectivity index (χ3n) is 13.0. The molecule has 1 amide bonds. The molecule has 3 N–H and O–H groups in total. The maximum atomic E-state index is 12.4. The van der Waals surface area contributed by atoms with Crippen LogP contribution in [0.25, 0.3) is 0 Å². The van der Waals surface area contributed by atoms with Crippen LogP contribution in [0.1, 0.15) is 303 Å². The van der Waals surface area contributed by atoms with E-state index in [2.05, 4.69) is 31.3 Å². The number of hydrogen-bond acceptors (Lipinski definition) is 5. The Morgan fingerprint density at radius 1 is 0.429 bits per heavy atom. The van der Waals surface area contributed by atoms with Gasteiger partial charge in [0.2, 0.25) is 5.91 Å². The van der Waals surface area contributed by atoms with Gasteiger partial charge in [0.25, 0.3) is 0 Å². The van der Waals surface area contributed by atoms with Crippen molar-refractivity contribution in [1.29, 1.82) is 0 Å². The third kappa shape index (κ3) is 49.6. The molecule has 0 fully saturated rings. The van der Waals surface area contributed by atoms with E-state index in [1.165, 1.54) is 231 Å². The fourth-order valence-electron chi connectivity index (χ4n) is 8.63. The Morgan fingerprint density at radius 2 is 0.746 bits per heavy atom. The summed E-state index contributed by atoms with van der Waals surface area (Å²) < 4.78 is 5.47. The molecule has 0 heterocycles. The van der Waals surface area contributed by atoms with E-state index in [4.69, 9.17) is 4.74 Å². The number of rotatable bonds is 52. The number of esters is 1. The van der Waals surface area contributed by atoms with Crippen molar-refractivity contribution < 1.29 is 24.5 Å². The minimum Gasteiger partial charge on any atom is -0.466 e. The van der Waals surface area contributed by atoms with Gasteiger partial charge in [0.1, 0.15) is 0 Å². The van der Waals surface area contributed by atoms with Crippen molar-refractivity contribution in [3.8, 4) is 0 Å². The Morgan fingerprint density at radius 3 is 1.14 bits per heavy atom. The van der Waals surface area contributed by atoms with Crippen molar-refractivity contribution in [1.82, 2.24) is 5.32 Å². The average molecular weight is 889 g/mol. The molecule has 2 atom stereocenters. The summed E-state index contributed by atoms with van der Waals surface area (Å²) in [6, 6.07) is -0.627. The van der Waals surface area contributed by atoms with Gasteiger partial charge in [0, 0.05) is 12.8 Å². The lowest BCUT2D eigenvalue weighted by Crippen LogP contribution is -2.45. The monoisotopic (exact) mass is 888 g/mol. The Labute approximate surface area is 392 Å². The van der Waals surface area contributed by atoms with E-state index in [0.717, 1.165) is 44.9 Å². The summed E-state index contributed by atoms with van der Waals surface area (Å²) in [5, 5.41) is 23.0. The van der Waals surface area contributed by atoms with Gasteiger partial charge in [-0.25, -0.2) is 0 Å². The van der Waals surface area contributed by atoms with Gasteiger partial charge >= 0.3 is 5.97 Å². The fraction of sp³-hybridized carbons (Fsp3) is 0.895. The van der Waals surface area contributed by atoms with E-state index in [1.54, 1.807) is 6.08 Å². The molecule has 63 heavy (non-hydrogen) atoms. The molecule has 0 aliphatic carbocycles. The standard InChI is InChI=1S/C57H109NO5/c1-3-5-7-9-11-13-15-26-31-35-39-43-47-51-57(62)63-52-48-44-40-36-32-28-25-23-21-19-17-18-20-22-24-27-30-34-38-42-46-50-56(61)58-54(53-59)55(60)49-45-41-37-33-29-16-14-12-10-8-6-4-2/h13,15,45,49,54-55,59-60H,3-12,14,16-44,46-48,50-53H2,1-2H3,(H,58,61)/b15-13-,49-45+. The Balaban J connectivity index is 3.40. The summed E-state index contributed by atoms with van der Waals surface area (Å²) >= 11 is 0. The average Bonchev–Trinajstić information content (AvgIpc) is 3.28. The summed E-state index contributed by atoms with van der Waals surface area (Å²) in [6.07, 6.45) is 63.4. The summed E-state index contributed by atoms with van der Waals surface area (Å²) in [4.78, 5) is 24.4. The van der Waals surface area contributed by atoms with Crippen molar-refractivity contribution in [2.75, 3.05) is 13.2 Å². The lowest BCUT2D eigenvalue weighted by molar-refractivity contribution is -0.143. The predicted octanol–water partition coefficient (Wildman–Crippen LogP) is 17.1. The normalized spacial score (nSPS) is 12.8. The van der Waals surface area contributed by atoms with E-state index in [1.807, 2.05) is 6.08 Å². The van der Waals surface area contributed by atoms with E-state index >= 15 is 0 Å². The third-order valence-corrected chi connectivity index (χ3v) is 13.0. The molecular formula is C57H109NO5. The van der Waals surface area contributed by atoms with Crippen molar-refractivity contribution in [3.63, 3.8) is 0 Å². The summed E-state index contributed by atoms with van der Waals surface area (Å²) in [7, 11) is 0. The maximum Gasteiger partial charge on any atom is 0.305 e. The van der Waals surface area contributed by atoms with E-state index < -0.39 is 12.1 Å². The van der Waals surface area contributed by atoms with E-state index in [9.17, 15) is 19.8 Å². The van der Waals surface area contributed by atoms with Gasteiger partial charge in [-0.15, -0.1) is 0 Å². The number of hydrogen-bond donors (Lipinski definition) is 3. The zero-order chi connectivity index (χ0) is 45.8. The van der Waals surface area contributed by atoms with Crippen LogP contribution in [-0.2, 0) is 14.3 Å². The highest BCUT2D eigenvalue weighted by Gasteiger charge is 2.18. The van der Waals surface area contributed by atoms with Crippen molar-refractivity contribution in [3.05, 3.63) is 24.3 Å². The lowest BCUT2D eigenvalue weighted by atomic mass is 10.0. The number of ether oxygens (including phenoxy) is 1. The van der Waals surface area contributed by atoms with Gasteiger partial charge in [0.15, 0.2) is 0 Å². The number of unbranched alkanes of at least 4 members (excludes halogenated alkanes) is 39. The van der Waals surface area contributed by atoms with Crippen LogP contribution in [0, 0.1) is 0 Å². The minimum absolute atomic E-state index is 0.00196. The van der Waals surface area contributed by atoms with Gasteiger partial charge in [-0.1, -0.05) is 256 Å². The zero-order valence-corrected chi connectivity index (χ0v) is 42.3. The molecule has 6 heteroatoms. The second kappa shape index (κ2) is 53.0. The highest BCUT2D eigenvalue weighted by molar-refractivity contribution is 5.76. The van der Waals surface area contributed by atoms with Crippen LogP contribution >= 0.6 is 0 Å². The van der Waals surface area contributed by atoms with Crippen LogP contribution in [0.5, 0.6) is 0 Å². The molecule has 0 rings (SSSR count). The summed E-state index contributed by atoms with van der Waals surface area (Å²) in [6.45, 7) is 4.88. The SMILES string of the molecule is CCCCCC/C=C\CCCCCCCC(=O)OCCCCCCCCCCCCCCCCCCCCCCCC(=O)NC(CO)C(O)/C=C/CCCCCCCCCCCC. The Kier molecular flexibility index (Phi) is 51.6. The van der Waals surface area contributed by atoms with Crippen LogP contribution in [-0.4, -0.2) is 47.4 Å². The van der Waals surface area contributed by atoms with Crippen LogP contribution in [0.4, 0.5) is 0 Å². The molecule has 6 nitrogen and oxygen atoms in total. The number of aliphatic hydroxyl groups excluding tert-OH is 2. The first-order valence-electron chi connectivity index (χ1n) is 28.1. The van der Waals surface area contributed by atoms with E-state index in [0.29, 0.717) is 19.4 Å². The minimum atomic E-state index is -0.843. The van der Waals surface area contributed by atoms with Gasteiger partial charge < -0.3 is 20.3 Å². The Bertz CT molecular complexity index is 982. The van der Waals surface area contributed by atoms with Gasteiger partial charge in [-0.05, 0) is 57.8 Å². The highest BCUT2D eigenvalue weighted by Crippen LogP contribution is 2.17. The zero-order valence-electron chi connectivity index (χ0n) is 42.3. The second-order valence-corrected chi connectivity index (χ2v) is 19.3. The number of nitrogens with one attached hydrogen (secondary N) is 1. The van der Waals surface area contributed by atoms with Gasteiger partial charge in [-0.2, -0.15) is 0 Å². The lowest BCUT2D eigenvalue weighted by Gasteiger charge is -2.20. The van der Waals surface area contributed by atoms with Crippen LogP contribution in [0.2, 0.25) is 0 Å². The molecule has 0 aliphatic heterocycles. The van der Waals surface area contributed by atoms with Crippen LogP contribution < -0.4 is 5.32 Å². The molecule has 0 aliphatic rings. The molecule has 2 unspecified atom stereocenters. The molecule has 372 valence electrons. The van der Waals surface area contributed by atoms with E-state index in [-0.39, 0.29) is 18.5 Å². The smallest absolute Gasteiger partial charge is 0.305 e. The Hall–Kier alpha value is -1.66. The van der Waals surface area contributed by atoms with Gasteiger partial charge in [-0.3, -0.25) is 9.59 Å². The van der Waals surface area contributed by atoms with Crippen molar-refractivity contribution in [2.24, 2.45) is 0 Å². The molecular weight excluding hydrogens is 779 g/mol. The molecule has 0 aromatic rings. The molecule has 0 saturated carbocycles. The first kappa shape index (κ1) is 61.3. The predicted molar refractivity (Wildman–Crippen MR) is 273 cm³/mol. The van der Waals surface area contributed by atoms with Crippen LogP contribution in [0.3, 0.4) is 0 Å². The van der Waals surface area contributed by atoms with Gasteiger partial charge in [0.05, 0.1) is 25.4 Å². The number of amides is 1. The molecule has 0 aromatic heterocycles. The number of carbonyl (C=O) groups is 2. The first-order valence-corrected chi connectivity index (χ1v) is 28.1. The number of carbonyl (C=O) groups excluding carboxylic acids is 2. The largest absolute Gasteiger partial charge is 0.466 e. The molecule has 0 spiro atoms. The summed E-state index contributed by atoms with van der Waals surface area (Å²) in [5.41, 5.74) is 0. The highest BCUT2D eigenvalue weighted by atomic mass is 16.5. The number of aliphatic hydroxyl groups is 2. The maximum absolute atomic E-state index is 12.4. The number of allylic oxidation sites excluding steroid dienone is 3.